The van der Waals surface area contributed by atoms with Gasteiger partial charge in [0.05, 0.1) is 16.9 Å². The van der Waals surface area contributed by atoms with E-state index in [4.69, 9.17) is 0 Å². The maximum Gasteiger partial charge on any atom is 0.416 e. The van der Waals surface area contributed by atoms with Crippen molar-refractivity contribution in [3.05, 3.63) is 47.3 Å². The highest BCUT2D eigenvalue weighted by molar-refractivity contribution is 5.41. The van der Waals surface area contributed by atoms with E-state index in [9.17, 15) is 13.2 Å². The van der Waals surface area contributed by atoms with Crippen LogP contribution in [-0.4, -0.2) is 15.8 Å². The molecule has 0 spiro atoms. The first kappa shape index (κ1) is 15.6. The number of nitrogens with zero attached hydrogens (tertiary/aromatic N) is 2. The molecule has 0 aliphatic rings. The van der Waals surface area contributed by atoms with E-state index in [1.807, 2.05) is 13.8 Å². The third kappa shape index (κ3) is 3.85. The van der Waals surface area contributed by atoms with Gasteiger partial charge in [-0.05, 0) is 30.7 Å². The fraction of sp³-hybridized carbons (Fsp3) is 0.400. The molecule has 1 aromatic heterocycles. The maximum absolute atomic E-state index is 12.9. The summed E-state index contributed by atoms with van der Waals surface area (Å²) in [6.07, 6.45) is -2.68. The fourth-order valence-electron chi connectivity index (χ4n) is 1.97. The topological polar surface area (TPSA) is 29.9 Å². The van der Waals surface area contributed by atoms with Crippen molar-refractivity contribution >= 4 is 0 Å². The van der Waals surface area contributed by atoms with Gasteiger partial charge in [-0.2, -0.15) is 18.3 Å². The third-order valence-corrected chi connectivity index (χ3v) is 3.13. The molecular formula is C15H18F3N3. The number of nitrogens with one attached hydrogen (secondary N) is 1. The highest BCUT2D eigenvalue weighted by Gasteiger charge is 2.32. The second kappa shape index (κ2) is 5.89. The molecular weight excluding hydrogens is 279 g/mol. The minimum absolute atomic E-state index is 0.208. The second-order valence-corrected chi connectivity index (χ2v) is 5.28. The molecule has 0 aliphatic heterocycles. The van der Waals surface area contributed by atoms with Gasteiger partial charge in [0.2, 0.25) is 0 Å². The first-order chi connectivity index (χ1) is 9.77. The molecule has 0 aliphatic carbocycles. The molecule has 0 saturated heterocycles. The van der Waals surface area contributed by atoms with Crippen LogP contribution in [0.2, 0.25) is 0 Å². The molecule has 0 saturated carbocycles. The zero-order valence-electron chi connectivity index (χ0n) is 12.2. The van der Waals surface area contributed by atoms with Gasteiger partial charge >= 0.3 is 6.18 Å². The number of alkyl halides is 3. The van der Waals surface area contributed by atoms with Gasteiger partial charge in [-0.25, -0.2) is 4.68 Å². The minimum atomic E-state index is -4.35. The smallest absolute Gasteiger partial charge is 0.309 e. The van der Waals surface area contributed by atoms with E-state index in [1.54, 1.807) is 18.3 Å². The van der Waals surface area contributed by atoms with Crippen molar-refractivity contribution in [1.29, 1.82) is 0 Å². The molecule has 0 atom stereocenters. The summed E-state index contributed by atoms with van der Waals surface area (Å²) >= 11 is 0. The lowest BCUT2D eigenvalue weighted by atomic mass is 10.1. The number of benzene rings is 1. The maximum atomic E-state index is 12.9. The molecule has 3 nitrogen and oxygen atoms in total. The Morgan fingerprint density at radius 3 is 2.57 bits per heavy atom. The number of aromatic nitrogens is 2. The predicted octanol–water partition coefficient (Wildman–Crippen LogP) is 3.70. The average Bonchev–Trinajstić information content (AvgIpc) is 2.84. The quantitative estimate of drug-likeness (QED) is 0.932. The molecule has 0 bridgehead atoms. The van der Waals surface area contributed by atoms with Gasteiger partial charge in [0.15, 0.2) is 0 Å². The van der Waals surface area contributed by atoms with E-state index in [1.165, 1.54) is 17.7 Å². The molecule has 21 heavy (non-hydrogen) atoms. The Morgan fingerprint density at radius 2 is 1.95 bits per heavy atom. The van der Waals surface area contributed by atoms with Gasteiger partial charge in [0, 0.05) is 18.8 Å². The molecule has 1 heterocycles. The Kier molecular flexibility index (Phi) is 4.37. The fourth-order valence-corrected chi connectivity index (χ4v) is 1.97. The minimum Gasteiger partial charge on any atom is -0.309 e. The number of halogens is 3. The normalized spacial score (nSPS) is 12.1. The van der Waals surface area contributed by atoms with Gasteiger partial charge < -0.3 is 5.32 Å². The summed E-state index contributed by atoms with van der Waals surface area (Å²) in [5, 5.41) is 7.51. The second-order valence-electron chi connectivity index (χ2n) is 5.28. The summed E-state index contributed by atoms with van der Waals surface area (Å²) in [5.74, 6) is 0. The van der Waals surface area contributed by atoms with Crippen LogP contribution in [0, 0.1) is 6.92 Å². The number of hydrogen-bond donors (Lipinski definition) is 1. The summed E-state index contributed by atoms with van der Waals surface area (Å²) in [6, 6.07) is 6.35. The molecule has 0 fully saturated rings. The monoisotopic (exact) mass is 297 g/mol. The molecule has 0 radical (unpaired) electrons. The lowest BCUT2D eigenvalue weighted by Gasteiger charge is -2.12. The van der Waals surface area contributed by atoms with Gasteiger partial charge in [-0.1, -0.05) is 19.9 Å². The molecule has 6 heteroatoms. The first-order valence-corrected chi connectivity index (χ1v) is 6.73. The van der Waals surface area contributed by atoms with Crippen LogP contribution >= 0.6 is 0 Å². The largest absolute Gasteiger partial charge is 0.416 e. The van der Waals surface area contributed by atoms with Crippen molar-refractivity contribution < 1.29 is 13.2 Å². The van der Waals surface area contributed by atoms with Crippen LogP contribution in [0.3, 0.4) is 0 Å². The summed E-state index contributed by atoms with van der Waals surface area (Å²) in [6.45, 7) is 6.08. The van der Waals surface area contributed by atoms with Gasteiger partial charge in [0.1, 0.15) is 0 Å². The Morgan fingerprint density at radius 1 is 1.24 bits per heavy atom. The van der Waals surface area contributed by atoms with Crippen molar-refractivity contribution in [1.82, 2.24) is 15.1 Å². The Hall–Kier alpha value is -1.82. The Bertz CT molecular complexity index is 615. The van der Waals surface area contributed by atoms with Crippen LogP contribution in [0.1, 0.15) is 30.7 Å². The first-order valence-electron chi connectivity index (χ1n) is 6.73. The SMILES string of the molecule is Cc1ccc(-n2ccc(CNC(C)C)n2)cc1C(F)(F)F. The molecule has 2 rings (SSSR count). The molecule has 114 valence electrons. The van der Waals surface area contributed by atoms with Crippen LogP contribution in [0.15, 0.2) is 30.5 Å². The zero-order valence-corrected chi connectivity index (χ0v) is 12.2. The standard InChI is InChI=1S/C15H18F3N3/c1-10(2)19-9-12-6-7-21(20-12)13-5-4-11(3)14(8-13)15(16,17)18/h4-8,10,19H,9H2,1-3H3. The van der Waals surface area contributed by atoms with Crippen molar-refractivity contribution in [2.75, 3.05) is 0 Å². The van der Waals surface area contributed by atoms with Crippen molar-refractivity contribution in [3.8, 4) is 5.69 Å². The van der Waals surface area contributed by atoms with Crippen molar-refractivity contribution in [2.24, 2.45) is 0 Å². The van der Waals surface area contributed by atoms with Gasteiger partial charge in [0.25, 0.3) is 0 Å². The Balaban J connectivity index is 2.26. The van der Waals surface area contributed by atoms with Gasteiger partial charge in [-0.3, -0.25) is 0 Å². The van der Waals surface area contributed by atoms with Crippen LogP contribution in [-0.2, 0) is 12.7 Å². The van der Waals surface area contributed by atoms with Crippen LogP contribution in [0.5, 0.6) is 0 Å². The highest BCUT2D eigenvalue weighted by atomic mass is 19.4. The van der Waals surface area contributed by atoms with Crippen LogP contribution in [0.4, 0.5) is 13.2 Å². The number of hydrogen-bond acceptors (Lipinski definition) is 2. The highest BCUT2D eigenvalue weighted by Crippen LogP contribution is 2.32. The van der Waals surface area contributed by atoms with Gasteiger partial charge in [-0.15, -0.1) is 0 Å². The van der Waals surface area contributed by atoms with E-state index in [2.05, 4.69) is 10.4 Å². The Labute approximate surface area is 121 Å². The summed E-state index contributed by atoms with van der Waals surface area (Å²) in [4.78, 5) is 0. The zero-order chi connectivity index (χ0) is 15.6. The van der Waals surface area contributed by atoms with Crippen molar-refractivity contribution in [3.63, 3.8) is 0 Å². The molecule has 0 amide bonds. The van der Waals surface area contributed by atoms with Crippen molar-refractivity contribution in [2.45, 2.75) is 39.5 Å². The molecule has 1 aromatic carbocycles. The summed E-state index contributed by atoms with van der Waals surface area (Å²) < 4.78 is 40.2. The third-order valence-electron chi connectivity index (χ3n) is 3.13. The molecule has 2 aromatic rings. The van der Waals surface area contributed by atoms with Crippen LogP contribution in [0.25, 0.3) is 5.69 Å². The van der Waals surface area contributed by atoms with E-state index < -0.39 is 11.7 Å². The average molecular weight is 297 g/mol. The van der Waals surface area contributed by atoms with Crippen LogP contribution < -0.4 is 5.32 Å². The van der Waals surface area contributed by atoms with E-state index in [0.29, 0.717) is 18.3 Å². The van der Waals surface area contributed by atoms with E-state index in [-0.39, 0.29) is 5.56 Å². The lowest BCUT2D eigenvalue weighted by molar-refractivity contribution is -0.138. The number of aryl methyl sites for hydroxylation is 1. The lowest BCUT2D eigenvalue weighted by Crippen LogP contribution is -2.22. The summed E-state index contributed by atoms with van der Waals surface area (Å²) in [5.41, 5.74) is 0.777. The molecule has 1 N–H and O–H groups in total. The predicted molar refractivity (Wildman–Crippen MR) is 75.3 cm³/mol. The summed E-state index contributed by atoms with van der Waals surface area (Å²) in [7, 11) is 0. The molecule has 0 unspecified atom stereocenters. The van der Waals surface area contributed by atoms with E-state index in [0.717, 1.165) is 11.8 Å². The van der Waals surface area contributed by atoms with E-state index >= 15 is 0 Å². The number of rotatable bonds is 4.